The predicted octanol–water partition coefficient (Wildman–Crippen LogP) is 2.09. The number of aliphatic hydroxyl groups is 2. The van der Waals surface area contributed by atoms with Crippen molar-refractivity contribution in [1.82, 2.24) is 0 Å². The maximum Gasteiger partial charge on any atom is 0.338 e. The summed E-state index contributed by atoms with van der Waals surface area (Å²) in [6.45, 7) is 1.60. The van der Waals surface area contributed by atoms with E-state index in [1.54, 1.807) is 6.92 Å². The molecule has 18 heavy (non-hydrogen) atoms. The lowest BCUT2D eigenvalue weighted by atomic mass is 10.0. The Morgan fingerprint density at radius 2 is 1.89 bits per heavy atom. The second-order valence-corrected chi connectivity index (χ2v) is 4.24. The van der Waals surface area contributed by atoms with E-state index < -0.39 is 24.0 Å². The van der Waals surface area contributed by atoms with Crippen LogP contribution in [0, 0.1) is 5.82 Å². The Balaban J connectivity index is 3.03. The SMILES string of the molecule is CCOC(=O)C(O)C(O)c1c(Cl)cc(F)cc1Cl. The highest BCUT2D eigenvalue weighted by Crippen LogP contribution is 2.33. The molecule has 7 heteroatoms. The van der Waals surface area contributed by atoms with Crippen LogP contribution in [0.1, 0.15) is 18.6 Å². The van der Waals surface area contributed by atoms with Crippen LogP contribution in [0.15, 0.2) is 12.1 Å². The van der Waals surface area contributed by atoms with Gasteiger partial charge in [0, 0.05) is 5.56 Å². The Morgan fingerprint density at radius 3 is 2.33 bits per heavy atom. The second kappa shape index (κ2) is 6.33. The first-order chi connectivity index (χ1) is 8.38. The van der Waals surface area contributed by atoms with Crippen molar-refractivity contribution >= 4 is 29.2 Å². The molecule has 0 fully saturated rings. The molecule has 0 aromatic heterocycles. The second-order valence-electron chi connectivity index (χ2n) is 3.42. The van der Waals surface area contributed by atoms with Crippen molar-refractivity contribution in [2.75, 3.05) is 6.61 Å². The van der Waals surface area contributed by atoms with Crippen LogP contribution >= 0.6 is 23.2 Å². The van der Waals surface area contributed by atoms with Crippen LogP contribution in [-0.4, -0.2) is 28.9 Å². The third-order valence-electron chi connectivity index (χ3n) is 2.17. The highest BCUT2D eigenvalue weighted by Gasteiger charge is 2.30. The van der Waals surface area contributed by atoms with Gasteiger partial charge in [0.25, 0.3) is 0 Å². The van der Waals surface area contributed by atoms with Crippen molar-refractivity contribution in [3.63, 3.8) is 0 Å². The Labute approximate surface area is 113 Å². The Hall–Kier alpha value is -0.880. The first-order valence-electron chi connectivity index (χ1n) is 5.05. The molecule has 0 aliphatic carbocycles. The first kappa shape index (κ1) is 15.2. The van der Waals surface area contributed by atoms with Gasteiger partial charge >= 0.3 is 5.97 Å². The Morgan fingerprint density at radius 1 is 1.39 bits per heavy atom. The molecule has 1 aromatic carbocycles. The lowest BCUT2D eigenvalue weighted by Gasteiger charge is -2.19. The summed E-state index contributed by atoms with van der Waals surface area (Å²) >= 11 is 11.4. The number of carbonyl (C=O) groups is 1. The zero-order chi connectivity index (χ0) is 13.9. The van der Waals surface area contributed by atoms with E-state index in [0.29, 0.717) is 0 Å². The summed E-state index contributed by atoms with van der Waals surface area (Å²) in [4.78, 5) is 11.3. The number of esters is 1. The van der Waals surface area contributed by atoms with E-state index in [2.05, 4.69) is 4.74 Å². The summed E-state index contributed by atoms with van der Waals surface area (Å²) < 4.78 is 17.5. The molecule has 0 heterocycles. The Bertz CT molecular complexity index is 430. The van der Waals surface area contributed by atoms with Gasteiger partial charge in [0.15, 0.2) is 6.10 Å². The molecular weight excluding hydrogens is 286 g/mol. The predicted molar refractivity (Wildman–Crippen MR) is 64.0 cm³/mol. The number of aliphatic hydroxyl groups excluding tert-OH is 2. The van der Waals surface area contributed by atoms with Crippen LogP contribution in [0.3, 0.4) is 0 Å². The molecule has 0 saturated carbocycles. The zero-order valence-electron chi connectivity index (χ0n) is 9.36. The van der Waals surface area contributed by atoms with Crippen molar-refractivity contribution in [1.29, 1.82) is 0 Å². The largest absolute Gasteiger partial charge is 0.464 e. The number of hydrogen-bond acceptors (Lipinski definition) is 4. The fourth-order valence-electron chi connectivity index (χ4n) is 1.35. The molecule has 1 aromatic rings. The molecule has 0 aliphatic rings. The lowest BCUT2D eigenvalue weighted by molar-refractivity contribution is -0.159. The molecule has 4 nitrogen and oxygen atoms in total. The van der Waals surface area contributed by atoms with Gasteiger partial charge in [-0.2, -0.15) is 0 Å². The number of rotatable bonds is 4. The summed E-state index contributed by atoms with van der Waals surface area (Å²) in [5.74, 6) is -1.70. The van der Waals surface area contributed by atoms with E-state index >= 15 is 0 Å². The third kappa shape index (κ3) is 3.32. The molecule has 2 atom stereocenters. The highest BCUT2D eigenvalue weighted by atomic mass is 35.5. The monoisotopic (exact) mass is 296 g/mol. The lowest BCUT2D eigenvalue weighted by Crippen LogP contribution is -2.30. The summed E-state index contributed by atoms with van der Waals surface area (Å²) in [6.07, 6.45) is -3.53. The molecule has 0 radical (unpaired) electrons. The number of carbonyl (C=O) groups excluding carboxylic acids is 1. The molecule has 2 N–H and O–H groups in total. The topological polar surface area (TPSA) is 66.8 Å². The maximum absolute atomic E-state index is 12.9. The molecular formula is C11H11Cl2FO4. The minimum atomic E-state index is -1.84. The van der Waals surface area contributed by atoms with E-state index in [9.17, 15) is 19.4 Å². The molecule has 0 saturated heterocycles. The van der Waals surface area contributed by atoms with Crippen LogP contribution in [-0.2, 0) is 9.53 Å². The molecule has 0 aliphatic heterocycles. The van der Waals surface area contributed by atoms with Gasteiger partial charge in [-0.1, -0.05) is 23.2 Å². The fourth-order valence-corrected chi connectivity index (χ4v) is 2.03. The van der Waals surface area contributed by atoms with Gasteiger partial charge in [0.05, 0.1) is 16.7 Å². The maximum atomic E-state index is 12.9. The smallest absolute Gasteiger partial charge is 0.338 e. The van der Waals surface area contributed by atoms with Gasteiger partial charge in [-0.05, 0) is 19.1 Å². The number of ether oxygens (including phenoxy) is 1. The van der Waals surface area contributed by atoms with Gasteiger partial charge in [0.1, 0.15) is 11.9 Å². The van der Waals surface area contributed by atoms with Crippen molar-refractivity contribution in [2.24, 2.45) is 0 Å². The normalized spacial score (nSPS) is 14.1. The van der Waals surface area contributed by atoms with E-state index in [1.165, 1.54) is 0 Å². The van der Waals surface area contributed by atoms with Gasteiger partial charge in [-0.3, -0.25) is 0 Å². The number of halogens is 3. The summed E-state index contributed by atoms with van der Waals surface area (Å²) in [6, 6.07) is 1.84. The molecule has 0 spiro atoms. The van der Waals surface area contributed by atoms with Crippen molar-refractivity contribution < 1.29 is 24.1 Å². The van der Waals surface area contributed by atoms with Gasteiger partial charge in [-0.25, -0.2) is 9.18 Å². The van der Waals surface area contributed by atoms with Gasteiger partial charge in [0.2, 0.25) is 0 Å². The van der Waals surface area contributed by atoms with Crippen LogP contribution in [0.25, 0.3) is 0 Å². The average molecular weight is 297 g/mol. The molecule has 0 amide bonds. The van der Waals surface area contributed by atoms with E-state index in [-0.39, 0.29) is 22.2 Å². The number of benzene rings is 1. The Kier molecular flexibility index (Phi) is 5.34. The van der Waals surface area contributed by atoms with Crippen LogP contribution in [0.4, 0.5) is 4.39 Å². The van der Waals surface area contributed by atoms with E-state index in [0.717, 1.165) is 12.1 Å². The van der Waals surface area contributed by atoms with Crippen LogP contribution in [0.2, 0.25) is 10.0 Å². The molecule has 1 rings (SSSR count). The number of hydrogen-bond donors (Lipinski definition) is 2. The minimum absolute atomic E-state index is 0.0491. The van der Waals surface area contributed by atoms with Crippen molar-refractivity contribution in [2.45, 2.75) is 19.1 Å². The van der Waals surface area contributed by atoms with Crippen LogP contribution < -0.4 is 0 Å². The van der Waals surface area contributed by atoms with Crippen molar-refractivity contribution in [3.8, 4) is 0 Å². The summed E-state index contributed by atoms with van der Waals surface area (Å²) in [7, 11) is 0. The standard InChI is InChI=1S/C11H11Cl2FO4/c1-2-18-11(17)10(16)9(15)8-6(12)3-5(14)4-7(8)13/h3-4,9-10,15-16H,2H2,1H3. The third-order valence-corrected chi connectivity index (χ3v) is 2.79. The van der Waals surface area contributed by atoms with Gasteiger partial charge < -0.3 is 14.9 Å². The summed E-state index contributed by atoms with van der Waals surface area (Å²) in [5.41, 5.74) is -0.125. The van der Waals surface area contributed by atoms with Gasteiger partial charge in [-0.15, -0.1) is 0 Å². The quantitative estimate of drug-likeness (QED) is 0.835. The summed E-state index contributed by atoms with van der Waals surface area (Å²) in [5, 5.41) is 19.0. The minimum Gasteiger partial charge on any atom is -0.464 e. The van der Waals surface area contributed by atoms with Crippen LogP contribution in [0.5, 0.6) is 0 Å². The molecule has 100 valence electrons. The van der Waals surface area contributed by atoms with E-state index in [1.807, 2.05) is 0 Å². The molecule has 2 unspecified atom stereocenters. The zero-order valence-corrected chi connectivity index (χ0v) is 10.9. The van der Waals surface area contributed by atoms with E-state index in [4.69, 9.17) is 23.2 Å². The average Bonchev–Trinajstić information content (AvgIpc) is 2.26. The molecule has 0 bridgehead atoms. The highest BCUT2D eigenvalue weighted by molar-refractivity contribution is 6.36. The first-order valence-corrected chi connectivity index (χ1v) is 5.81. The fraction of sp³-hybridized carbons (Fsp3) is 0.364. The van der Waals surface area contributed by atoms with Crippen molar-refractivity contribution in [3.05, 3.63) is 33.6 Å².